The van der Waals surface area contributed by atoms with Crippen molar-refractivity contribution >= 4 is 23.5 Å². The first-order chi connectivity index (χ1) is 8.08. The summed E-state index contributed by atoms with van der Waals surface area (Å²) in [5.74, 6) is 0.209. The van der Waals surface area contributed by atoms with Crippen LogP contribution in [0.15, 0.2) is 12.3 Å². The number of pyridine rings is 1. The van der Waals surface area contributed by atoms with Crippen LogP contribution in [0, 0.1) is 5.82 Å². The molecule has 1 saturated heterocycles. The predicted octanol–water partition coefficient (Wildman–Crippen LogP) is 1.38. The summed E-state index contributed by atoms with van der Waals surface area (Å²) in [5.41, 5.74) is 5.76. The summed E-state index contributed by atoms with van der Waals surface area (Å²) in [4.78, 5) is 17.5. The van der Waals surface area contributed by atoms with E-state index in [9.17, 15) is 9.18 Å². The number of aromatic nitrogens is 1. The largest absolute Gasteiger partial charge is 0.383 e. The standard InChI is InChI=1S/C11H14FN3OS/c1-7-6-15(2-3-17-7)11(16)9-4-8(12)5-14-10(9)13/h4-5,7H,2-3,6H2,1H3,(H2,13,14). The van der Waals surface area contributed by atoms with Crippen LogP contribution in [0.25, 0.3) is 0 Å². The van der Waals surface area contributed by atoms with E-state index < -0.39 is 5.82 Å². The Bertz CT molecular complexity index is 441. The quantitative estimate of drug-likeness (QED) is 0.823. The van der Waals surface area contributed by atoms with E-state index in [0.29, 0.717) is 18.3 Å². The van der Waals surface area contributed by atoms with Crippen LogP contribution < -0.4 is 5.73 Å². The van der Waals surface area contributed by atoms with Gasteiger partial charge in [-0.2, -0.15) is 11.8 Å². The van der Waals surface area contributed by atoms with Gasteiger partial charge in [-0.05, 0) is 6.07 Å². The molecule has 4 nitrogen and oxygen atoms in total. The average Bonchev–Trinajstić information content (AvgIpc) is 2.31. The summed E-state index contributed by atoms with van der Waals surface area (Å²) in [7, 11) is 0. The zero-order valence-corrected chi connectivity index (χ0v) is 10.3. The van der Waals surface area contributed by atoms with Crippen molar-refractivity contribution in [3.63, 3.8) is 0 Å². The smallest absolute Gasteiger partial charge is 0.257 e. The zero-order chi connectivity index (χ0) is 12.4. The Morgan fingerprint density at radius 3 is 3.18 bits per heavy atom. The number of hydrogen-bond donors (Lipinski definition) is 1. The summed E-state index contributed by atoms with van der Waals surface area (Å²) in [5, 5.41) is 0.399. The number of rotatable bonds is 1. The Kier molecular flexibility index (Phi) is 3.51. The number of nitrogens with two attached hydrogens (primary N) is 1. The first-order valence-corrected chi connectivity index (χ1v) is 6.44. The summed E-state index contributed by atoms with van der Waals surface area (Å²) >= 11 is 1.83. The van der Waals surface area contributed by atoms with E-state index in [4.69, 9.17) is 5.73 Å². The molecule has 1 aromatic rings. The third-order valence-corrected chi connectivity index (χ3v) is 3.78. The molecule has 1 atom stereocenters. The molecule has 17 heavy (non-hydrogen) atoms. The van der Waals surface area contributed by atoms with Gasteiger partial charge in [0.25, 0.3) is 5.91 Å². The van der Waals surface area contributed by atoms with Crippen molar-refractivity contribution in [1.82, 2.24) is 9.88 Å². The van der Waals surface area contributed by atoms with Crippen LogP contribution in [0.2, 0.25) is 0 Å². The van der Waals surface area contributed by atoms with Crippen molar-refractivity contribution in [2.45, 2.75) is 12.2 Å². The first kappa shape index (κ1) is 12.2. The molecule has 1 aliphatic rings. The van der Waals surface area contributed by atoms with E-state index in [0.717, 1.165) is 18.0 Å². The van der Waals surface area contributed by atoms with Gasteiger partial charge in [-0.25, -0.2) is 9.37 Å². The second kappa shape index (κ2) is 4.91. The molecule has 1 unspecified atom stereocenters. The Morgan fingerprint density at radius 2 is 2.47 bits per heavy atom. The minimum atomic E-state index is -0.540. The molecule has 92 valence electrons. The first-order valence-electron chi connectivity index (χ1n) is 5.40. The van der Waals surface area contributed by atoms with E-state index >= 15 is 0 Å². The normalized spacial score (nSPS) is 20.4. The summed E-state index contributed by atoms with van der Waals surface area (Å²) in [6.07, 6.45) is 1.01. The number of hydrogen-bond acceptors (Lipinski definition) is 4. The van der Waals surface area contributed by atoms with Gasteiger partial charge < -0.3 is 10.6 Å². The second-order valence-electron chi connectivity index (χ2n) is 4.02. The molecular formula is C11H14FN3OS. The molecule has 0 aromatic carbocycles. The van der Waals surface area contributed by atoms with Crippen molar-refractivity contribution in [2.75, 3.05) is 24.6 Å². The van der Waals surface area contributed by atoms with Gasteiger partial charge in [0, 0.05) is 24.1 Å². The lowest BCUT2D eigenvalue weighted by molar-refractivity contribution is 0.0763. The van der Waals surface area contributed by atoms with Crippen LogP contribution in [0.5, 0.6) is 0 Å². The van der Waals surface area contributed by atoms with Crippen LogP contribution in [0.3, 0.4) is 0 Å². The lowest BCUT2D eigenvalue weighted by atomic mass is 10.2. The Labute approximate surface area is 103 Å². The highest BCUT2D eigenvalue weighted by Crippen LogP contribution is 2.21. The van der Waals surface area contributed by atoms with Crippen molar-refractivity contribution < 1.29 is 9.18 Å². The molecule has 1 aliphatic heterocycles. The molecule has 1 amide bonds. The van der Waals surface area contributed by atoms with E-state index in [2.05, 4.69) is 11.9 Å². The van der Waals surface area contributed by atoms with Crippen LogP contribution in [-0.2, 0) is 0 Å². The average molecular weight is 255 g/mol. The summed E-state index contributed by atoms with van der Waals surface area (Å²) < 4.78 is 13.1. The number of carbonyl (C=O) groups excluding carboxylic acids is 1. The Balaban J connectivity index is 2.21. The maximum absolute atomic E-state index is 13.1. The predicted molar refractivity (Wildman–Crippen MR) is 66.4 cm³/mol. The number of amides is 1. The van der Waals surface area contributed by atoms with Gasteiger partial charge in [-0.3, -0.25) is 4.79 Å². The third kappa shape index (κ3) is 2.69. The number of carbonyl (C=O) groups is 1. The van der Waals surface area contributed by atoms with Crippen molar-refractivity contribution in [1.29, 1.82) is 0 Å². The number of anilines is 1. The molecule has 1 fully saturated rings. The maximum atomic E-state index is 13.1. The monoisotopic (exact) mass is 255 g/mol. The maximum Gasteiger partial charge on any atom is 0.257 e. The van der Waals surface area contributed by atoms with Gasteiger partial charge in [0.05, 0.1) is 11.8 Å². The fourth-order valence-electron chi connectivity index (χ4n) is 1.79. The van der Waals surface area contributed by atoms with Crippen LogP contribution in [0.1, 0.15) is 17.3 Å². The van der Waals surface area contributed by atoms with E-state index in [1.807, 2.05) is 11.8 Å². The minimum absolute atomic E-state index is 0.0854. The lowest BCUT2D eigenvalue weighted by Gasteiger charge is -2.30. The molecule has 0 bridgehead atoms. The minimum Gasteiger partial charge on any atom is -0.383 e. The third-order valence-electron chi connectivity index (χ3n) is 2.64. The molecule has 0 saturated carbocycles. The fourth-order valence-corrected chi connectivity index (χ4v) is 2.81. The molecule has 2 heterocycles. The van der Waals surface area contributed by atoms with Crippen LogP contribution in [0.4, 0.5) is 10.2 Å². The highest BCUT2D eigenvalue weighted by molar-refractivity contribution is 7.99. The van der Waals surface area contributed by atoms with Crippen LogP contribution in [-0.4, -0.2) is 39.9 Å². The molecule has 2 N–H and O–H groups in total. The van der Waals surface area contributed by atoms with Crippen molar-refractivity contribution in [3.05, 3.63) is 23.6 Å². The zero-order valence-electron chi connectivity index (χ0n) is 9.52. The molecule has 2 rings (SSSR count). The van der Waals surface area contributed by atoms with Gasteiger partial charge in [0.2, 0.25) is 0 Å². The molecular weight excluding hydrogens is 241 g/mol. The topological polar surface area (TPSA) is 59.2 Å². The summed E-state index contributed by atoms with van der Waals surface area (Å²) in [6, 6.07) is 1.15. The second-order valence-corrected chi connectivity index (χ2v) is 5.57. The summed E-state index contributed by atoms with van der Waals surface area (Å²) in [6.45, 7) is 3.40. The fraction of sp³-hybridized carbons (Fsp3) is 0.455. The van der Waals surface area contributed by atoms with Gasteiger partial charge in [-0.1, -0.05) is 6.92 Å². The van der Waals surface area contributed by atoms with E-state index in [1.165, 1.54) is 0 Å². The Hall–Kier alpha value is -1.30. The molecule has 6 heteroatoms. The van der Waals surface area contributed by atoms with Crippen molar-refractivity contribution in [2.24, 2.45) is 0 Å². The Morgan fingerprint density at radius 1 is 1.71 bits per heavy atom. The number of halogens is 1. The SMILES string of the molecule is CC1CN(C(=O)c2cc(F)cnc2N)CCS1. The van der Waals surface area contributed by atoms with Crippen molar-refractivity contribution in [3.8, 4) is 0 Å². The molecule has 1 aromatic heterocycles. The number of nitrogens with zero attached hydrogens (tertiary/aromatic N) is 2. The molecule has 0 radical (unpaired) electrons. The van der Waals surface area contributed by atoms with Gasteiger partial charge >= 0.3 is 0 Å². The molecule has 0 spiro atoms. The van der Waals surface area contributed by atoms with Gasteiger partial charge in [-0.15, -0.1) is 0 Å². The van der Waals surface area contributed by atoms with Crippen LogP contribution >= 0.6 is 11.8 Å². The highest BCUT2D eigenvalue weighted by atomic mass is 32.2. The van der Waals surface area contributed by atoms with E-state index in [1.54, 1.807) is 4.90 Å². The lowest BCUT2D eigenvalue weighted by Crippen LogP contribution is -2.41. The molecule has 0 aliphatic carbocycles. The highest BCUT2D eigenvalue weighted by Gasteiger charge is 2.24. The van der Waals surface area contributed by atoms with E-state index in [-0.39, 0.29) is 17.3 Å². The van der Waals surface area contributed by atoms with Gasteiger partial charge in [0.1, 0.15) is 11.6 Å². The number of thioether (sulfide) groups is 1. The van der Waals surface area contributed by atoms with Gasteiger partial charge in [0.15, 0.2) is 0 Å². The number of nitrogen functional groups attached to an aromatic ring is 1.